The first-order valence-electron chi connectivity index (χ1n) is 8.85. The van der Waals surface area contributed by atoms with Crippen LogP contribution in [0.5, 0.6) is 5.75 Å². The fraction of sp³-hybridized carbons (Fsp3) is 0.316. The number of carbonyl (C=O) groups is 1. The Bertz CT molecular complexity index is 960. The van der Waals surface area contributed by atoms with Crippen molar-refractivity contribution in [2.24, 2.45) is 0 Å². The van der Waals surface area contributed by atoms with E-state index in [0.29, 0.717) is 23.9 Å². The summed E-state index contributed by atoms with van der Waals surface area (Å²) in [5, 5.41) is 3.35. The number of rotatable bonds is 7. The third-order valence-electron chi connectivity index (χ3n) is 4.37. The number of benzene rings is 2. The molecule has 0 saturated carbocycles. The lowest BCUT2D eigenvalue weighted by molar-refractivity contribution is 0.0947. The van der Waals surface area contributed by atoms with Gasteiger partial charge in [-0.1, -0.05) is 35.3 Å². The highest BCUT2D eigenvalue weighted by Crippen LogP contribution is 2.25. The number of para-hydroxylation sites is 1. The number of amides is 1. The highest BCUT2D eigenvalue weighted by molar-refractivity contribution is 7.89. The van der Waals surface area contributed by atoms with Gasteiger partial charge in [-0.15, -0.1) is 0 Å². The number of sulfonamides is 1. The van der Waals surface area contributed by atoms with Crippen LogP contribution in [0.1, 0.15) is 23.2 Å². The fourth-order valence-corrected chi connectivity index (χ4v) is 4.84. The number of carbonyl (C=O) groups excluding carboxylic acids is 1. The molecule has 0 radical (unpaired) electrons. The monoisotopic (exact) mass is 442 g/mol. The van der Waals surface area contributed by atoms with E-state index in [9.17, 15) is 13.2 Å². The van der Waals surface area contributed by atoms with E-state index in [1.807, 2.05) is 0 Å². The molecule has 1 aliphatic heterocycles. The Labute approximate surface area is 174 Å². The molecule has 1 fully saturated rings. The van der Waals surface area contributed by atoms with Crippen LogP contribution >= 0.6 is 23.2 Å². The average Bonchev–Trinajstić information content (AvgIpc) is 3.22. The molecule has 28 heavy (non-hydrogen) atoms. The molecular weight excluding hydrogens is 423 g/mol. The third kappa shape index (κ3) is 4.78. The summed E-state index contributed by atoms with van der Waals surface area (Å²) in [6.45, 7) is 1.40. The van der Waals surface area contributed by atoms with E-state index in [4.69, 9.17) is 27.9 Å². The second kappa shape index (κ2) is 9.13. The molecule has 150 valence electrons. The van der Waals surface area contributed by atoms with Crippen LogP contribution in [0.2, 0.25) is 10.0 Å². The molecule has 3 rings (SSSR count). The zero-order valence-electron chi connectivity index (χ0n) is 15.0. The Hall–Kier alpha value is -1.80. The van der Waals surface area contributed by atoms with E-state index in [1.165, 1.54) is 22.5 Å². The summed E-state index contributed by atoms with van der Waals surface area (Å²) in [6.07, 6.45) is 1.68. The van der Waals surface area contributed by atoms with E-state index in [-0.39, 0.29) is 28.6 Å². The number of hydrogen-bond donors (Lipinski definition) is 1. The van der Waals surface area contributed by atoms with Crippen LogP contribution in [-0.2, 0) is 10.0 Å². The van der Waals surface area contributed by atoms with Crippen molar-refractivity contribution in [2.45, 2.75) is 17.7 Å². The van der Waals surface area contributed by atoms with Gasteiger partial charge in [0.05, 0.1) is 27.0 Å². The molecule has 1 aliphatic rings. The normalized spacial score (nSPS) is 14.8. The maximum atomic E-state index is 12.7. The molecule has 0 bridgehead atoms. The first kappa shape index (κ1) is 20.9. The molecule has 6 nitrogen and oxygen atoms in total. The Balaban J connectivity index is 1.64. The average molecular weight is 443 g/mol. The zero-order valence-corrected chi connectivity index (χ0v) is 17.4. The van der Waals surface area contributed by atoms with Gasteiger partial charge in [0, 0.05) is 13.1 Å². The van der Waals surface area contributed by atoms with Crippen LogP contribution in [0.4, 0.5) is 0 Å². The molecule has 0 aromatic heterocycles. The van der Waals surface area contributed by atoms with Crippen molar-refractivity contribution in [3.8, 4) is 5.75 Å². The van der Waals surface area contributed by atoms with Crippen LogP contribution in [0.25, 0.3) is 0 Å². The van der Waals surface area contributed by atoms with Crippen LogP contribution in [0.3, 0.4) is 0 Å². The van der Waals surface area contributed by atoms with Gasteiger partial charge >= 0.3 is 0 Å². The van der Waals surface area contributed by atoms with Gasteiger partial charge in [-0.3, -0.25) is 4.79 Å². The number of nitrogens with zero attached hydrogens (tertiary/aromatic N) is 1. The number of halogens is 2. The SMILES string of the molecule is O=C(NCCOc1ccccc1Cl)c1cc(S(=O)(=O)N2CCCC2)ccc1Cl. The molecule has 9 heteroatoms. The third-order valence-corrected chi connectivity index (χ3v) is 6.90. The van der Waals surface area contributed by atoms with Crippen LogP contribution in [0, 0.1) is 0 Å². The van der Waals surface area contributed by atoms with Crippen LogP contribution < -0.4 is 10.1 Å². The summed E-state index contributed by atoms with van der Waals surface area (Å²) >= 11 is 12.1. The summed E-state index contributed by atoms with van der Waals surface area (Å²) in [7, 11) is -3.62. The highest BCUT2D eigenvalue weighted by atomic mass is 35.5. The molecule has 1 heterocycles. The molecule has 2 aromatic rings. The Morgan fingerprint density at radius 3 is 2.50 bits per heavy atom. The van der Waals surface area contributed by atoms with Gasteiger partial charge in [-0.2, -0.15) is 4.31 Å². The first-order chi connectivity index (χ1) is 13.4. The minimum atomic E-state index is -3.62. The van der Waals surface area contributed by atoms with E-state index in [2.05, 4.69) is 5.32 Å². The lowest BCUT2D eigenvalue weighted by atomic mass is 10.2. The Morgan fingerprint density at radius 1 is 1.07 bits per heavy atom. The van der Waals surface area contributed by atoms with Crippen molar-refractivity contribution in [3.05, 3.63) is 58.1 Å². The largest absolute Gasteiger partial charge is 0.490 e. The van der Waals surface area contributed by atoms with Gasteiger partial charge in [0.25, 0.3) is 5.91 Å². The van der Waals surface area contributed by atoms with Crippen molar-refractivity contribution >= 4 is 39.1 Å². The van der Waals surface area contributed by atoms with Crippen molar-refractivity contribution in [2.75, 3.05) is 26.2 Å². The van der Waals surface area contributed by atoms with Crippen LogP contribution in [-0.4, -0.2) is 44.9 Å². The maximum absolute atomic E-state index is 12.7. The number of nitrogens with one attached hydrogen (secondary N) is 1. The Kier molecular flexibility index (Phi) is 6.82. The standard InChI is InChI=1S/C19H20Cl2N2O4S/c20-16-8-7-14(28(25,26)23-10-3-4-11-23)13-15(16)19(24)22-9-12-27-18-6-2-1-5-17(18)21/h1-2,5-8,13H,3-4,9-12H2,(H,22,24). The second-order valence-corrected chi connectivity index (χ2v) is 9.04. The zero-order chi connectivity index (χ0) is 20.1. The van der Waals surface area contributed by atoms with Gasteiger partial charge < -0.3 is 10.1 Å². The van der Waals surface area contributed by atoms with E-state index < -0.39 is 15.9 Å². The van der Waals surface area contributed by atoms with Gasteiger partial charge in [0.1, 0.15) is 12.4 Å². The van der Waals surface area contributed by atoms with Crippen molar-refractivity contribution in [3.63, 3.8) is 0 Å². The molecule has 1 N–H and O–H groups in total. The number of hydrogen-bond acceptors (Lipinski definition) is 4. The predicted octanol–water partition coefficient (Wildman–Crippen LogP) is 3.59. The molecule has 1 saturated heterocycles. The minimum absolute atomic E-state index is 0.0660. The smallest absolute Gasteiger partial charge is 0.252 e. The molecular formula is C19H20Cl2N2O4S. The quantitative estimate of drug-likeness (QED) is 0.664. The van der Waals surface area contributed by atoms with Crippen molar-refractivity contribution in [1.29, 1.82) is 0 Å². The van der Waals surface area contributed by atoms with E-state index >= 15 is 0 Å². The lowest BCUT2D eigenvalue weighted by Crippen LogP contribution is -2.30. The van der Waals surface area contributed by atoms with E-state index in [1.54, 1.807) is 24.3 Å². The summed E-state index contributed by atoms with van der Waals surface area (Å²) in [6, 6.07) is 11.2. The van der Waals surface area contributed by atoms with Gasteiger partial charge in [-0.05, 0) is 43.2 Å². The second-order valence-electron chi connectivity index (χ2n) is 6.29. The topological polar surface area (TPSA) is 75.7 Å². The summed E-state index contributed by atoms with van der Waals surface area (Å²) < 4.78 is 32.3. The predicted molar refractivity (Wildman–Crippen MR) is 109 cm³/mol. The molecule has 1 amide bonds. The van der Waals surface area contributed by atoms with Gasteiger partial charge in [0.2, 0.25) is 10.0 Å². The first-order valence-corrected chi connectivity index (χ1v) is 11.0. The lowest BCUT2D eigenvalue weighted by Gasteiger charge is -2.16. The minimum Gasteiger partial charge on any atom is -0.490 e. The van der Waals surface area contributed by atoms with E-state index in [0.717, 1.165) is 12.8 Å². The van der Waals surface area contributed by atoms with Gasteiger partial charge in [-0.25, -0.2) is 8.42 Å². The summed E-state index contributed by atoms with van der Waals surface area (Å²) in [5.74, 6) is 0.0568. The molecule has 0 unspecified atom stereocenters. The summed E-state index contributed by atoms with van der Waals surface area (Å²) in [5.41, 5.74) is 0.111. The van der Waals surface area contributed by atoms with Crippen molar-refractivity contribution < 1.29 is 17.9 Å². The number of ether oxygens (including phenoxy) is 1. The fourth-order valence-electron chi connectivity index (χ4n) is 2.90. The molecule has 0 atom stereocenters. The highest BCUT2D eigenvalue weighted by Gasteiger charge is 2.28. The van der Waals surface area contributed by atoms with Crippen molar-refractivity contribution in [1.82, 2.24) is 9.62 Å². The summed E-state index contributed by atoms with van der Waals surface area (Å²) in [4.78, 5) is 12.5. The molecule has 0 aliphatic carbocycles. The molecule has 2 aromatic carbocycles. The van der Waals surface area contributed by atoms with Crippen LogP contribution in [0.15, 0.2) is 47.4 Å². The maximum Gasteiger partial charge on any atom is 0.252 e. The Morgan fingerprint density at radius 2 is 1.79 bits per heavy atom. The van der Waals surface area contributed by atoms with Gasteiger partial charge in [0.15, 0.2) is 0 Å². The molecule has 0 spiro atoms.